The monoisotopic (exact) mass is 264 g/mol. The number of nitrogens with one attached hydrogen (secondary N) is 3. The third-order valence-electron chi connectivity index (χ3n) is 2.17. The molecule has 2 rings (SSSR count). The van der Waals surface area contributed by atoms with E-state index in [2.05, 4.69) is 25.5 Å². The van der Waals surface area contributed by atoms with Crippen molar-refractivity contribution in [1.82, 2.24) is 20.2 Å². The van der Waals surface area contributed by atoms with E-state index in [4.69, 9.17) is 0 Å². The zero-order valence-corrected chi connectivity index (χ0v) is 9.63. The molecule has 3 N–H and O–H groups in total. The molecular formula is C9H8N6O4. The first-order valence-electron chi connectivity index (χ1n) is 5.05. The molecule has 0 saturated carbocycles. The van der Waals surface area contributed by atoms with Gasteiger partial charge >= 0.3 is 0 Å². The van der Waals surface area contributed by atoms with E-state index in [9.17, 15) is 19.7 Å². The van der Waals surface area contributed by atoms with Gasteiger partial charge in [-0.25, -0.2) is 0 Å². The molecular weight excluding hydrogens is 256 g/mol. The Hall–Kier alpha value is -3.04. The van der Waals surface area contributed by atoms with Crippen molar-refractivity contribution in [1.29, 1.82) is 0 Å². The number of pyridine rings is 1. The van der Waals surface area contributed by atoms with Crippen molar-refractivity contribution in [2.75, 3.05) is 5.32 Å². The first-order chi connectivity index (χ1) is 8.97. The zero-order valence-electron chi connectivity index (χ0n) is 9.63. The minimum Gasteiger partial charge on any atom is -0.322 e. The Bertz CT molecular complexity index is 703. The molecule has 10 heteroatoms. The Balaban J connectivity index is 2.30. The molecule has 0 saturated heterocycles. The standard InChI is InChI=1S/C9H8N6O4/c1-4-11-9(14-13-4)12-8(17)6-2-5(15(18)19)3-10-7(6)16/h2-3H,1H3,(H,10,16)(H2,11,12,13,14,17). The van der Waals surface area contributed by atoms with Gasteiger partial charge in [0.05, 0.1) is 11.1 Å². The highest BCUT2D eigenvalue weighted by atomic mass is 16.6. The Labute approximate surface area is 105 Å². The number of carbonyl (C=O) groups is 1. The van der Waals surface area contributed by atoms with Gasteiger partial charge in [-0.15, -0.1) is 5.10 Å². The molecule has 2 heterocycles. The first kappa shape index (κ1) is 12.4. The fourth-order valence-corrected chi connectivity index (χ4v) is 1.31. The van der Waals surface area contributed by atoms with Crippen molar-refractivity contribution in [3.05, 3.63) is 44.1 Å². The number of rotatable bonds is 3. The number of hydrogen-bond acceptors (Lipinski definition) is 6. The maximum Gasteiger partial charge on any atom is 0.286 e. The fraction of sp³-hybridized carbons (Fsp3) is 0.111. The van der Waals surface area contributed by atoms with Crippen molar-refractivity contribution in [3.63, 3.8) is 0 Å². The molecule has 0 fully saturated rings. The van der Waals surface area contributed by atoms with E-state index in [1.807, 2.05) is 0 Å². The van der Waals surface area contributed by atoms with Crippen LogP contribution in [0.1, 0.15) is 16.2 Å². The number of H-pyrrole nitrogens is 2. The van der Waals surface area contributed by atoms with E-state index >= 15 is 0 Å². The second-order valence-electron chi connectivity index (χ2n) is 3.56. The minimum absolute atomic E-state index is 0.0200. The second-order valence-corrected chi connectivity index (χ2v) is 3.56. The summed E-state index contributed by atoms with van der Waals surface area (Å²) in [5.41, 5.74) is -1.53. The number of nitrogens with zero attached hydrogens (tertiary/aromatic N) is 3. The minimum atomic E-state index is -0.830. The van der Waals surface area contributed by atoms with Crippen LogP contribution in [0.25, 0.3) is 0 Å². The molecule has 0 bridgehead atoms. The molecule has 0 radical (unpaired) electrons. The Morgan fingerprint density at radius 2 is 2.26 bits per heavy atom. The fourth-order valence-electron chi connectivity index (χ4n) is 1.31. The summed E-state index contributed by atoms with van der Waals surface area (Å²) in [6.07, 6.45) is 0.913. The van der Waals surface area contributed by atoms with Gasteiger partial charge in [0.25, 0.3) is 17.2 Å². The van der Waals surface area contributed by atoms with E-state index < -0.39 is 27.6 Å². The average molecular weight is 264 g/mol. The number of aryl methyl sites for hydroxylation is 1. The summed E-state index contributed by atoms with van der Waals surface area (Å²) < 4.78 is 0. The van der Waals surface area contributed by atoms with Crippen LogP contribution in [0.15, 0.2) is 17.1 Å². The first-order valence-corrected chi connectivity index (χ1v) is 5.05. The highest BCUT2D eigenvalue weighted by molar-refractivity contribution is 6.03. The largest absolute Gasteiger partial charge is 0.322 e. The quantitative estimate of drug-likeness (QED) is 0.523. The summed E-state index contributed by atoms with van der Waals surface area (Å²) in [5.74, 6) is -0.374. The molecule has 2 aromatic rings. The van der Waals surface area contributed by atoms with Crippen molar-refractivity contribution in [2.45, 2.75) is 6.92 Å². The third kappa shape index (κ3) is 2.62. The van der Waals surface area contributed by atoms with E-state index in [0.717, 1.165) is 12.3 Å². The molecule has 0 aliphatic rings. The molecule has 0 aromatic carbocycles. The second kappa shape index (κ2) is 4.68. The van der Waals surface area contributed by atoms with Gasteiger partial charge in [0.15, 0.2) is 0 Å². The molecule has 10 nitrogen and oxygen atoms in total. The Morgan fingerprint density at radius 3 is 2.84 bits per heavy atom. The van der Waals surface area contributed by atoms with E-state index in [-0.39, 0.29) is 5.95 Å². The highest BCUT2D eigenvalue weighted by Crippen LogP contribution is 2.09. The number of aromatic nitrogens is 4. The van der Waals surface area contributed by atoms with Crippen LogP contribution in [0.4, 0.5) is 11.6 Å². The lowest BCUT2D eigenvalue weighted by molar-refractivity contribution is -0.385. The maximum atomic E-state index is 11.8. The summed E-state index contributed by atoms with van der Waals surface area (Å²) in [4.78, 5) is 39.0. The van der Waals surface area contributed by atoms with Crippen LogP contribution in [0.3, 0.4) is 0 Å². The number of hydrogen-bond donors (Lipinski definition) is 3. The molecule has 0 atom stereocenters. The van der Waals surface area contributed by atoms with Crippen LogP contribution in [0.5, 0.6) is 0 Å². The number of aromatic amines is 2. The molecule has 0 unspecified atom stereocenters. The van der Waals surface area contributed by atoms with Crippen molar-refractivity contribution >= 4 is 17.5 Å². The van der Waals surface area contributed by atoms with Gasteiger partial charge in [0.2, 0.25) is 5.95 Å². The lowest BCUT2D eigenvalue weighted by Gasteiger charge is -1.99. The molecule has 98 valence electrons. The normalized spacial score (nSPS) is 10.2. The number of amides is 1. The summed E-state index contributed by atoms with van der Waals surface area (Å²) >= 11 is 0. The van der Waals surface area contributed by atoms with Gasteiger partial charge in [-0.1, -0.05) is 0 Å². The van der Waals surface area contributed by atoms with Crippen LogP contribution in [-0.2, 0) is 0 Å². The maximum absolute atomic E-state index is 11.8. The molecule has 2 aromatic heterocycles. The van der Waals surface area contributed by atoms with Crippen LogP contribution >= 0.6 is 0 Å². The van der Waals surface area contributed by atoms with E-state index in [1.165, 1.54) is 0 Å². The molecule has 0 spiro atoms. The molecule has 19 heavy (non-hydrogen) atoms. The van der Waals surface area contributed by atoms with E-state index in [1.54, 1.807) is 6.92 Å². The topological polar surface area (TPSA) is 147 Å². The number of anilines is 1. The number of carbonyl (C=O) groups excluding carboxylic acids is 1. The predicted octanol–water partition coefficient (Wildman–Crippen LogP) is -0.0381. The zero-order chi connectivity index (χ0) is 14.0. The lowest BCUT2D eigenvalue weighted by atomic mass is 10.2. The van der Waals surface area contributed by atoms with Crippen LogP contribution in [-0.4, -0.2) is 31.0 Å². The van der Waals surface area contributed by atoms with Gasteiger partial charge in [0, 0.05) is 6.07 Å². The van der Waals surface area contributed by atoms with Gasteiger partial charge in [0.1, 0.15) is 11.4 Å². The average Bonchev–Trinajstić information content (AvgIpc) is 2.74. The van der Waals surface area contributed by atoms with Crippen LogP contribution in [0, 0.1) is 17.0 Å². The summed E-state index contributed by atoms with van der Waals surface area (Å²) in [7, 11) is 0. The van der Waals surface area contributed by atoms with Gasteiger partial charge < -0.3 is 4.98 Å². The summed E-state index contributed by atoms with van der Waals surface area (Å²) in [6.45, 7) is 1.63. The van der Waals surface area contributed by atoms with E-state index in [0.29, 0.717) is 5.82 Å². The van der Waals surface area contributed by atoms with Crippen molar-refractivity contribution < 1.29 is 9.72 Å². The van der Waals surface area contributed by atoms with Gasteiger partial charge in [-0.05, 0) is 6.92 Å². The van der Waals surface area contributed by atoms with Gasteiger partial charge in [-0.2, -0.15) is 4.98 Å². The molecule has 0 aliphatic carbocycles. The summed E-state index contributed by atoms with van der Waals surface area (Å²) in [5, 5.41) is 19.0. The Kier molecular flexibility index (Phi) is 3.06. The lowest BCUT2D eigenvalue weighted by Crippen LogP contribution is -2.23. The van der Waals surface area contributed by atoms with Gasteiger partial charge in [-0.3, -0.25) is 30.1 Å². The molecule has 0 aliphatic heterocycles. The third-order valence-corrected chi connectivity index (χ3v) is 2.17. The van der Waals surface area contributed by atoms with Crippen molar-refractivity contribution in [2.24, 2.45) is 0 Å². The predicted molar refractivity (Wildman–Crippen MR) is 62.8 cm³/mol. The highest BCUT2D eigenvalue weighted by Gasteiger charge is 2.17. The Morgan fingerprint density at radius 1 is 1.53 bits per heavy atom. The summed E-state index contributed by atoms with van der Waals surface area (Å²) in [6, 6.07) is 0.883. The van der Waals surface area contributed by atoms with Crippen LogP contribution in [0.2, 0.25) is 0 Å². The SMILES string of the molecule is Cc1nc(NC(=O)c2cc([N+](=O)[O-])c[nH]c2=O)n[nH]1. The smallest absolute Gasteiger partial charge is 0.286 e. The van der Waals surface area contributed by atoms with Crippen LogP contribution < -0.4 is 10.9 Å². The van der Waals surface area contributed by atoms with Crippen molar-refractivity contribution in [3.8, 4) is 0 Å². The number of nitro groups is 1. The molecule has 1 amide bonds.